The normalized spacial score (nSPS) is 11.6. The molecule has 0 N–H and O–H groups in total. The molecule has 0 fully saturated rings. The van der Waals surface area contributed by atoms with Gasteiger partial charge in [-0.05, 0) is 42.5 Å². The van der Waals surface area contributed by atoms with Crippen LogP contribution in [0.1, 0.15) is 0 Å². The summed E-state index contributed by atoms with van der Waals surface area (Å²) in [7, 11) is 0. The molecule has 0 spiro atoms. The topological polar surface area (TPSA) is 35.6 Å². The molecular formula is C40H26N4. The molecule has 4 heterocycles. The zero-order valence-electron chi connectivity index (χ0n) is 23.8. The van der Waals surface area contributed by atoms with Gasteiger partial charge in [0.25, 0.3) is 0 Å². The summed E-state index contributed by atoms with van der Waals surface area (Å²) in [5.41, 5.74) is 10.8. The van der Waals surface area contributed by atoms with Gasteiger partial charge in [0.05, 0.1) is 44.8 Å². The van der Waals surface area contributed by atoms with Gasteiger partial charge in [-0.1, -0.05) is 103 Å². The van der Waals surface area contributed by atoms with Gasteiger partial charge in [0.15, 0.2) is 0 Å². The summed E-state index contributed by atoms with van der Waals surface area (Å²) in [5, 5.41) is 4.84. The number of fused-ring (bicyclic) bond motifs is 7. The highest BCUT2D eigenvalue weighted by molar-refractivity contribution is 6.26. The summed E-state index contributed by atoms with van der Waals surface area (Å²) in [5.74, 6) is 0. The number of benzene rings is 5. The van der Waals surface area contributed by atoms with Crippen LogP contribution in [0.15, 0.2) is 158 Å². The van der Waals surface area contributed by atoms with E-state index in [2.05, 4.69) is 130 Å². The van der Waals surface area contributed by atoms with Crippen molar-refractivity contribution in [3.63, 3.8) is 0 Å². The molecule has 0 unspecified atom stereocenters. The minimum Gasteiger partial charge on any atom is -0.307 e. The van der Waals surface area contributed by atoms with Crippen molar-refractivity contribution in [1.29, 1.82) is 0 Å². The lowest BCUT2D eigenvalue weighted by Crippen LogP contribution is -2.00. The summed E-state index contributed by atoms with van der Waals surface area (Å²) in [4.78, 5) is 9.82. The van der Waals surface area contributed by atoms with Gasteiger partial charge in [0.1, 0.15) is 0 Å². The Morgan fingerprint density at radius 3 is 1.52 bits per heavy atom. The maximum absolute atomic E-state index is 4.92. The van der Waals surface area contributed by atoms with Crippen molar-refractivity contribution in [2.45, 2.75) is 0 Å². The molecule has 5 aromatic carbocycles. The molecule has 4 aromatic heterocycles. The standard InChI is InChI=1S/C40H26N4/c1-3-13-27(14-4-1)38-35(21-11-25-41-38)43-33-20-10-8-18-31(33)37-34(43)24-23-30-29-17-7-9-19-32(29)44(40(30)37)36-22-12-26-42-39(36)28-15-5-2-6-16-28/h1-26H. The zero-order valence-corrected chi connectivity index (χ0v) is 23.8. The number of rotatable bonds is 4. The molecule has 9 aromatic rings. The van der Waals surface area contributed by atoms with Gasteiger partial charge in [-0.2, -0.15) is 0 Å². The molecule has 0 aliphatic heterocycles. The van der Waals surface area contributed by atoms with Crippen LogP contribution in [0.2, 0.25) is 0 Å². The monoisotopic (exact) mass is 562 g/mol. The Morgan fingerprint density at radius 1 is 0.364 bits per heavy atom. The molecule has 9 rings (SSSR count). The van der Waals surface area contributed by atoms with Crippen molar-refractivity contribution in [2.75, 3.05) is 0 Å². The molecular weight excluding hydrogens is 536 g/mol. The fourth-order valence-corrected chi connectivity index (χ4v) is 6.81. The van der Waals surface area contributed by atoms with Crippen LogP contribution in [0.5, 0.6) is 0 Å². The SMILES string of the molecule is c1ccc(-c2ncccc2-n2c3ccccc3c3c2ccc2c4ccccc4n(-c4cccnc4-c4ccccc4)c23)cc1. The van der Waals surface area contributed by atoms with Gasteiger partial charge in [-0.15, -0.1) is 0 Å². The smallest absolute Gasteiger partial charge is 0.0942 e. The maximum Gasteiger partial charge on any atom is 0.0942 e. The van der Waals surface area contributed by atoms with Gasteiger partial charge in [-0.3, -0.25) is 9.97 Å². The maximum atomic E-state index is 4.92. The highest BCUT2D eigenvalue weighted by Crippen LogP contribution is 2.43. The minimum atomic E-state index is 0.954. The molecule has 0 aliphatic carbocycles. The quantitative estimate of drug-likeness (QED) is 0.214. The van der Waals surface area contributed by atoms with Crippen LogP contribution in [0.25, 0.3) is 77.5 Å². The number of nitrogens with zero attached hydrogens (tertiary/aromatic N) is 4. The van der Waals surface area contributed by atoms with E-state index in [9.17, 15) is 0 Å². The fraction of sp³-hybridized carbons (Fsp3) is 0. The number of para-hydroxylation sites is 2. The summed E-state index contributed by atoms with van der Waals surface area (Å²) in [6.45, 7) is 0. The van der Waals surface area contributed by atoms with Gasteiger partial charge in [0.2, 0.25) is 0 Å². The molecule has 0 radical (unpaired) electrons. The predicted molar refractivity (Wildman–Crippen MR) is 182 cm³/mol. The summed E-state index contributed by atoms with van der Waals surface area (Å²) < 4.78 is 4.79. The molecule has 0 saturated carbocycles. The van der Waals surface area contributed by atoms with Gasteiger partial charge < -0.3 is 9.13 Å². The molecule has 0 bridgehead atoms. The third kappa shape index (κ3) is 3.58. The predicted octanol–water partition coefficient (Wildman–Crippen LogP) is 10.0. The number of hydrogen-bond donors (Lipinski definition) is 0. The van der Waals surface area contributed by atoms with Crippen LogP contribution < -0.4 is 0 Å². The highest BCUT2D eigenvalue weighted by Gasteiger charge is 2.23. The van der Waals surface area contributed by atoms with E-state index < -0.39 is 0 Å². The minimum absolute atomic E-state index is 0.954. The Bertz CT molecular complexity index is 2490. The van der Waals surface area contributed by atoms with Crippen molar-refractivity contribution >= 4 is 43.6 Å². The lowest BCUT2D eigenvalue weighted by Gasteiger charge is -2.14. The third-order valence-corrected chi connectivity index (χ3v) is 8.62. The summed E-state index contributed by atoms with van der Waals surface area (Å²) >= 11 is 0. The fourth-order valence-electron chi connectivity index (χ4n) is 6.81. The van der Waals surface area contributed by atoms with Crippen LogP contribution in [0.3, 0.4) is 0 Å². The average molecular weight is 563 g/mol. The van der Waals surface area contributed by atoms with E-state index in [0.29, 0.717) is 0 Å². The molecule has 0 amide bonds. The lowest BCUT2D eigenvalue weighted by molar-refractivity contribution is 1.14. The number of pyridine rings is 2. The summed E-state index contributed by atoms with van der Waals surface area (Å²) in [6.07, 6.45) is 3.76. The van der Waals surface area contributed by atoms with Gasteiger partial charge >= 0.3 is 0 Å². The average Bonchev–Trinajstić information content (AvgIpc) is 3.62. The van der Waals surface area contributed by atoms with E-state index in [1.807, 2.05) is 36.7 Å². The second kappa shape index (κ2) is 9.79. The second-order valence-corrected chi connectivity index (χ2v) is 11.0. The zero-order chi connectivity index (χ0) is 29.0. The van der Waals surface area contributed by atoms with Crippen LogP contribution in [-0.2, 0) is 0 Å². The molecule has 44 heavy (non-hydrogen) atoms. The van der Waals surface area contributed by atoms with Crippen LogP contribution >= 0.6 is 0 Å². The van der Waals surface area contributed by atoms with Crippen LogP contribution in [-0.4, -0.2) is 19.1 Å². The lowest BCUT2D eigenvalue weighted by atomic mass is 10.1. The largest absolute Gasteiger partial charge is 0.307 e. The van der Waals surface area contributed by atoms with Crippen molar-refractivity contribution in [1.82, 2.24) is 19.1 Å². The highest BCUT2D eigenvalue weighted by atomic mass is 15.0. The molecule has 4 heteroatoms. The first kappa shape index (κ1) is 24.6. The van der Waals surface area contributed by atoms with Crippen LogP contribution in [0.4, 0.5) is 0 Å². The van der Waals surface area contributed by atoms with Gasteiger partial charge in [-0.25, -0.2) is 0 Å². The van der Waals surface area contributed by atoms with E-state index in [4.69, 9.17) is 9.97 Å². The van der Waals surface area contributed by atoms with E-state index in [0.717, 1.165) is 50.4 Å². The van der Waals surface area contributed by atoms with E-state index in [1.165, 1.54) is 27.1 Å². The second-order valence-electron chi connectivity index (χ2n) is 11.0. The molecule has 0 atom stereocenters. The first-order chi connectivity index (χ1) is 21.9. The molecule has 0 saturated heterocycles. The Kier molecular flexibility index (Phi) is 5.47. The first-order valence-electron chi connectivity index (χ1n) is 14.9. The Balaban J connectivity index is 1.46. The van der Waals surface area contributed by atoms with Crippen molar-refractivity contribution in [2.24, 2.45) is 0 Å². The molecule has 4 nitrogen and oxygen atoms in total. The van der Waals surface area contributed by atoms with Gasteiger partial charge in [0, 0.05) is 45.1 Å². The Labute approximate surface area is 254 Å². The molecule has 0 aliphatic rings. The third-order valence-electron chi connectivity index (χ3n) is 8.62. The van der Waals surface area contributed by atoms with E-state index >= 15 is 0 Å². The summed E-state index contributed by atoms with van der Waals surface area (Å²) in [6, 6.07) is 51.3. The number of aromatic nitrogens is 4. The molecule has 206 valence electrons. The Hall–Kier alpha value is -6.00. The Morgan fingerprint density at radius 2 is 0.886 bits per heavy atom. The van der Waals surface area contributed by atoms with Crippen LogP contribution in [0, 0.1) is 0 Å². The number of hydrogen-bond acceptors (Lipinski definition) is 2. The van der Waals surface area contributed by atoms with Crippen molar-refractivity contribution < 1.29 is 0 Å². The van der Waals surface area contributed by atoms with E-state index in [1.54, 1.807) is 0 Å². The van der Waals surface area contributed by atoms with E-state index in [-0.39, 0.29) is 0 Å². The van der Waals surface area contributed by atoms with Crippen molar-refractivity contribution in [3.8, 4) is 33.9 Å². The van der Waals surface area contributed by atoms with Crippen molar-refractivity contribution in [3.05, 3.63) is 158 Å². The first-order valence-corrected chi connectivity index (χ1v) is 14.9.